The number of nitrogens with one attached hydrogen (secondary N) is 1. The summed E-state index contributed by atoms with van der Waals surface area (Å²) in [6.45, 7) is 7.92. The first-order valence-electron chi connectivity index (χ1n) is 7.01. The molecule has 0 aliphatic carbocycles. The van der Waals surface area contributed by atoms with Gasteiger partial charge in [-0.2, -0.15) is 0 Å². The topological polar surface area (TPSA) is 30.5 Å². The van der Waals surface area contributed by atoms with E-state index < -0.39 is 0 Å². The van der Waals surface area contributed by atoms with Gasteiger partial charge in [0.05, 0.1) is 4.47 Å². The van der Waals surface area contributed by atoms with Gasteiger partial charge in [-0.1, -0.05) is 13.8 Å². The molecule has 0 aromatic heterocycles. The Labute approximate surface area is 122 Å². The predicted molar refractivity (Wildman–Crippen MR) is 79.4 cm³/mol. The monoisotopic (exact) mass is 325 g/mol. The second-order valence-corrected chi connectivity index (χ2v) is 6.36. The van der Waals surface area contributed by atoms with Gasteiger partial charge < -0.3 is 14.8 Å². The molecule has 1 aromatic rings. The Hall–Kier alpha value is -0.740. The average Bonchev–Trinajstić information content (AvgIpc) is 2.92. The van der Waals surface area contributed by atoms with Crippen molar-refractivity contribution in [3.63, 3.8) is 0 Å². The molecule has 0 spiro atoms. The summed E-state index contributed by atoms with van der Waals surface area (Å²) in [6.07, 6.45) is 1.20. The molecule has 2 aliphatic heterocycles. The smallest absolute Gasteiger partial charge is 0.175 e. The number of fused-ring (bicyclic) bond motifs is 1. The molecule has 0 saturated carbocycles. The summed E-state index contributed by atoms with van der Waals surface area (Å²) >= 11 is 3.74. The fourth-order valence-electron chi connectivity index (χ4n) is 3.02. The maximum Gasteiger partial charge on any atom is 0.175 e. The van der Waals surface area contributed by atoms with Gasteiger partial charge in [-0.25, -0.2) is 0 Å². The molecule has 1 saturated heterocycles. The van der Waals surface area contributed by atoms with Crippen LogP contribution >= 0.6 is 15.9 Å². The van der Waals surface area contributed by atoms with Crippen LogP contribution < -0.4 is 14.8 Å². The SMILES string of the molecule is CC(C)c1c(C2CCNC2)cc2c(c1Br)OCCO2. The minimum Gasteiger partial charge on any atom is -0.486 e. The molecule has 1 unspecified atom stereocenters. The second kappa shape index (κ2) is 5.33. The van der Waals surface area contributed by atoms with Crippen LogP contribution in [0.15, 0.2) is 10.5 Å². The van der Waals surface area contributed by atoms with Crippen LogP contribution in [-0.4, -0.2) is 26.3 Å². The summed E-state index contributed by atoms with van der Waals surface area (Å²) in [4.78, 5) is 0. The fourth-order valence-corrected chi connectivity index (χ4v) is 4.02. The summed E-state index contributed by atoms with van der Waals surface area (Å²) in [5.74, 6) is 2.83. The lowest BCUT2D eigenvalue weighted by Crippen LogP contribution is -2.18. The van der Waals surface area contributed by atoms with Gasteiger partial charge in [-0.3, -0.25) is 0 Å². The van der Waals surface area contributed by atoms with Crippen molar-refractivity contribution in [2.24, 2.45) is 0 Å². The van der Waals surface area contributed by atoms with Gasteiger partial charge >= 0.3 is 0 Å². The van der Waals surface area contributed by atoms with Crippen LogP contribution in [0.1, 0.15) is 43.2 Å². The molecule has 2 heterocycles. The van der Waals surface area contributed by atoms with Crippen molar-refractivity contribution in [3.05, 3.63) is 21.7 Å². The van der Waals surface area contributed by atoms with E-state index in [1.807, 2.05) is 0 Å². The van der Waals surface area contributed by atoms with Crippen molar-refractivity contribution < 1.29 is 9.47 Å². The Bertz CT molecular complexity index is 482. The molecule has 3 nitrogen and oxygen atoms in total. The zero-order chi connectivity index (χ0) is 13.4. The Morgan fingerprint density at radius 1 is 1.32 bits per heavy atom. The van der Waals surface area contributed by atoms with Crippen molar-refractivity contribution in [3.8, 4) is 11.5 Å². The van der Waals surface area contributed by atoms with Crippen LogP contribution in [0.2, 0.25) is 0 Å². The molecule has 104 valence electrons. The molecule has 19 heavy (non-hydrogen) atoms. The predicted octanol–water partition coefficient (Wildman–Crippen LogP) is 3.42. The van der Waals surface area contributed by atoms with E-state index in [4.69, 9.17) is 9.47 Å². The van der Waals surface area contributed by atoms with Crippen LogP contribution in [0.3, 0.4) is 0 Å². The molecule has 1 fully saturated rings. The van der Waals surface area contributed by atoms with E-state index in [1.165, 1.54) is 17.5 Å². The first-order valence-corrected chi connectivity index (χ1v) is 7.80. The average molecular weight is 326 g/mol. The van der Waals surface area contributed by atoms with Gasteiger partial charge in [0.1, 0.15) is 13.2 Å². The summed E-state index contributed by atoms with van der Waals surface area (Å²) < 4.78 is 12.6. The first kappa shape index (κ1) is 13.3. The highest BCUT2D eigenvalue weighted by atomic mass is 79.9. The van der Waals surface area contributed by atoms with Crippen LogP contribution in [0.25, 0.3) is 0 Å². The van der Waals surface area contributed by atoms with E-state index in [9.17, 15) is 0 Å². The summed E-state index contributed by atoms with van der Waals surface area (Å²) in [7, 11) is 0. The van der Waals surface area contributed by atoms with Gasteiger partial charge in [0.25, 0.3) is 0 Å². The molecular formula is C15H20BrNO2. The molecule has 1 atom stereocenters. The van der Waals surface area contributed by atoms with Crippen molar-refractivity contribution in [1.82, 2.24) is 5.32 Å². The zero-order valence-corrected chi connectivity index (χ0v) is 13.0. The van der Waals surface area contributed by atoms with Gasteiger partial charge in [0.15, 0.2) is 11.5 Å². The lowest BCUT2D eigenvalue weighted by molar-refractivity contribution is 0.170. The third kappa shape index (κ3) is 2.36. The molecule has 4 heteroatoms. The van der Waals surface area contributed by atoms with Crippen molar-refractivity contribution in [2.45, 2.75) is 32.1 Å². The largest absolute Gasteiger partial charge is 0.486 e. The van der Waals surface area contributed by atoms with Crippen LogP contribution in [-0.2, 0) is 0 Å². The standard InChI is InChI=1S/C15H20BrNO2/c1-9(2)13-11(10-3-4-17-8-10)7-12-15(14(13)16)19-6-5-18-12/h7,9-10,17H,3-6,8H2,1-2H3. The zero-order valence-electron chi connectivity index (χ0n) is 11.5. The second-order valence-electron chi connectivity index (χ2n) is 5.56. The minimum absolute atomic E-state index is 0.473. The van der Waals surface area contributed by atoms with E-state index in [1.54, 1.807) is 0 Å². The van der Waals surface area contributed by atoms with E-state index in [0.29, 0.717) is 25.0 Å². The highest BCUT2D eigenvalue weighted by Gasteiger charge is 2.28. The quantitative estimate of drug-likeness (QED) is 0.903. The molecule has 2 aliphatic rings. The maximum absolute atomic E-state index is 5.78. The van der Waals surface area contributed by atoms with Gasteiger partial charge in [0, 0.05) is 6.54 Å². The Balaban J connectivity index is 2.13. The molecule has 1 aromatic carbocycles. The number of hydrogen-bond donors (Lipinski definition) is 1. The number of hydrogen-bond acceptors (Lipinski definition) is 3. The van der Waals surface area contributed by atoms with E-state index in [2.05, 4.69) is 41.2 Å². The molecule has 1 N–H and O–H groups in total. The Morgan fingerprint density at radius 2 is 2.11 bits per heavy atom. The third-order valence-electron chi connectivity index (χ3n) is 3.92. The molecule has 0 amide bonds. The van der Waals surface area contributed by atoms with Crippen LogP contribution in [0, 0.1) is 0 Å². The lowest BCUT2D eigenvalue weighted by atomic mass is 9.87. The number of benzene rings is 1. The maximum atomic E-state index is 5.78. The summed E-state index contributed by atoms with van der Waals surface area (Å²) in [6, 6.07) is 2.20. The minimum atomic E-state index is 0.473. The van der Waals surface area contributed by atoms with Gasteiger partial charge in [0.2, 0.25) is 0 Å². The molecule has 3 rings (SSSR count). The van der Waals surface area contributed by atoms with Crippen molar-refractivity contribution in [1.29, 1.82) is 0 Å². The van der Waals surface area contributed by atoms with Gasteiger partial charge in [-0.05, 0) is 57.9 Å². The lowest BCUT2D eigenvalue weighted by Gasteiger charge is -2.26. The van der Waals surface area contributed by atoms with Crippen molar-refractivity contribution >= 4 is 15.9 Å². The summed E-state index contributed by atoms with van der Waals surface area (Å²) in [5.41, 5.74) is 2.79. The van der Waals surface area contributed by atoms with Crippen LogP contribution in [0.4, 0.5) is 0 Å². The third-order valence-corrected chi connectivity index (χ3v) is 4.71. The number of rotatable bonds is 2. The van der Waals surface area contributed by atoms with Crippen molar-refractivity contribution in [2.75, 3.05) is 26.3 Å². The highest BCUT2D eigenvalue weighted by Crippen LogP contribution is 2.46. The molecule has 0 bridgehead atoms. The van der Waals surface area contributed by atoms with Gasteiger partial charge in [-0.15, -0.1) is 0 Å². The number of ether oxygens (including phenoxy) is 2. The fraction of sp³-hybridized carbons (Fsp3) is 0.600. The Kier molecular flexibility index (Phi) is 3.72. The van der Waals surface area contributed by atoms with E-state index in [-0.39, 0.29) is 0 Å². The first-order chi connectivity index (χ1) is 9.18. The van der Waals surface area contributed by atoms with Crippen LogP contribution in [0.5, 0.6) is 11.5 Å². The van der Waals surface area contributed by atoms with E-state index >= 15 is 0 Å². The highest BCUT2D eigenvalue weighted by molar-refractivity contribution is 9.10. The summed E-state index contributed by atoms with van der Waals surface area (Å²) in [5, 5.41) is 3.45. The van der Waals surface area contributed by atoms with E-state index in [0.717, 1.165) is 29.1 Å². The molecule has 0 radical (unpaired) electrons. The molecular weight excluding hydrogens is 306 g/mol. The normalized spacial score (nSPS) is 22.0. The number of halogens is 1. The Morgan fingerprint density at radius 3 is 2.79 bits per heavy atom.